The smallest absolute Gasteiger partial charge is 0.0517 e. The van der Waals surface area contributed by atoms with E-state index in [0.29, 0.717) is 6.04 Å². The zero-order chi connectivity index (χ0) is 11.0. The van der Waals surface area contributed by atoms with Crippen molar-refractivity contribution >= 4 is 5.71 Å². The zero-order valence-corrected chi connectivity index (χ0v) is 10.0. The molecule has 0 aliphatic rings. The first-order valence-corrected chi connectivity index (χ1v) is 5.16. The number of nitrogens with one attached hydrogen (secondary N) is 2. The van der Waals surface area contributed by atoms with Crippen LogP contribution in [0.15, 0.2) is 16.8 Å². The molecule has 0 radical (unpaired) electrons. The molecule has 0 rings (SSSR count). The third kappa shape index (κ3) is 7.80. The summed E-state index contributed by atoms with van der Waals surface area (Å²) >= 11 is 0. The summed E-state index contributed by atoms with van der Waals surface area (Å²) in [4.78, 5) is 4.40. The Morgan fingerprint density at radius 3 is 2.50 bits per heavy atom. The highest BCUT2D eigenvalue weighted by Crippen LogP contribution is 1.92. The Hall–Kier alpha value is -0.830. The second-order valence-corrected chi connectivity index (χ2v) is 3.75. The third-order valence-corrected chi connectivity index (χ3v) is 1.66. The van der Waals surface area contributed by atoms with Gasteiger partial charge in [0.1, 0.15) is 0 Å². The van der Waals surface area contributed by atoms with Crippen molar-refractivity contribution in [1.29, 1.82) is 0 Å². The molecule has 0 aliphatic heterocycles. The first kappa shape index (κ1) is 13.2. The Labute approximate surface area is 87.7 Å². The van der Waals surface area contributed by atoms with E-state index in [0.717, 1.165) is 18.8 Å². The summed E-state index contributed by atoms with van der Waals surface area (Å²) in [5.41, 5.74) is 2.25. The molecule has 0 unspecified atom stereocenters. The van der Waals surface area contributed by atoms with Crippen molar-refractivity contribution in [3.8, 4) is 0 Å². The average Bonchev–Trinajstić information content (AvgIpc) is 2.02. The minimum absolute atomic E-state index is 0.483. The van der Waals surface area contributed by atoms with Gasteiger partial charge < -0.3 is 10.6 Å². The maximum Gasteiger partial charge on any atom is 0.0517 e. The molecule has 0 atom stereocenters. The van der Waals surface area contributed by atoms with E-state index in [2.05, 4.69) is 42.5 Å². The number of hydrogen-bond donors (Lipinski definition) is 2. The molecule has 0 heterocycles. The molecular weight excluding hydrogens is 174 g/mol. The molecule has 3 heteroatoms. The van der Waals surface area contributed by atoms with Gasteiger partial charge in [-0.3, -0.25) is 4.99 Å². The molecule has 0 bridgehead atoms. The minimum atomic E-state index is 0.483. The van der Waals surface area contributed by atoms with Crippen LogP contribution >= 0.6 is 0 Å². The summed E-state index contributed by atoms with van der Waals surface area (Å²) in [6.45, 7) is 10.1. The van der Waals surface area contributed by atoms with Crippen LogP contribution in [0.4, 0.5) is 0 Å². The highest BCUT2D eigenvalue weighted by molar-refractivity contribution is 5.93. The molecule has 14 heavy (non-hydrogen) atoms. The predicted octanol–water partition coefficient (Wildman–Crippen LogP) is 1.57. The SMILES string of the molecule is CNCCN=C(C)/C=C(/C)NC(C)C. The normalized spacial score (nSPS) is 13.6. The van der Waals surface area contributed by atoms with Crippen LogP contribution in [0.3, 0.4) is 0 Å². The topological polar surface area (TPSA) is 36.4 Å². The highest BCUT2D eigenvalue weighted by Gasteiger charge is 1.93. The van der Waals surface area contributed by atoms with Crippen LogP contribution in [0, 0.1) is 0 Å². The molecule has 0 aromatic carbocycles. The summed E-state index contributed by atoms with van der Waals surface area (Å²) in [7, 11) is 1.94. The molecular formula is C11H23N3. The van der Waals surface area contributed by atoms with Gasteiger partial charge in [0.15, 0.2) is 0 Å². The first-order valence-electron chi connectivity index (χ1n) is 5.16. The van der Waals surface area contributed by atoms with E-state index in [1.165, 1.54) is 5.70 Å². The number of rotatable bonds is 6. The number of nitrogens with zero attached hydrogens (tertiary/aromatic N) is 1. The van der Waals surface area contributed by atoms with Gasteiger partial charge in [-0.15, -0.1) is 0 Å². The molecule has 2 N–H and O–H groups in total. The summed E-state index contributed by atoms with van der Waals surface area (Å²) < 4.78 is 0. The number of aliphatic imine (C=N–C) groups is 1. The maximum atomic E-state index is 4.40. The Morgan fingerprint density at radius 1 is 1.36 bits per heavy atom. The maximum absolute atomic E-state index is 4.40. The third-order valence-electron chi connectivity index (χ3n) is 1.66. The summed E-state index contributed by atoms with van der Waals surface area (Å²) in [6, 6.07) is 0.483. The van der Waals surface area contributed by atoms with Gasteiger partial charge in [-0.25, -0.2) is 0 Å². The number of allylic oxidation sites excluding steroid dienone is 2. The van der Waals surface area contributed by atoms with Crippen molar-refractivity contribution < 1.29 is 0 Å². The molecule has 0 fully saturated rings. The van der Waals surface area contributed by atoms with Gasteiger partial charge in [0.05, 0.1) is 6.54 Å². The molecule has 0 aromatic heterocycles. The van der Waals surface area contributed by atoms with Crippen molar-refractivity contribution in [2.24, 2.45) is 4.99 Å². The summed E-state index contributed by atoms with van der Waals surface area (Å²) in [5, 5.41) is 6.39. The molecule has 0 saturated heterocycles. The lowest BCUT2D eigenvalue weighted by Gasteiger charge is -2.09. The molecule has 0 spiro atoms. The van der Waals surface area contributed by atoms with Gasteiger partial charge in [-0.05, 0) is 40.8 Å². The standard InChI is InChI=1S/C11H23N3/c1-9(2)14-11(4)8-10(3)13-7-6-12-5/h8-9,12,14H,6-7H2,1-5H3/b11-8-,13-10?. The fourth-order valence-corrected chi connectivity index (χ4v) is 1.20. The van der Waals surface area contributed by atoms with Gasteiger partial charge in [-0.2, -0.15) is 0 Å². The van der Waals surface area contributed by atoms with Crippen LogP contribution in [0.2, 0.25) is 0 Å². The quantitative estimate of drug-likeness (QED) is 0.501. The summed E-state index contributed by atoms with van der Waals surface area (Å²) in [5.74, 6) is 0. The Kier molecular flexibility index (Phi) is 7.11. The van der Waals surface area contributed by atoms with Crippen molar-refractivity contribution in [1.82, 2.24) is 10.6 Å². The minimum Gasteiger partial charge on any atom is -0.386 e. The molecule has 0 saturated carbocycles. The molecule has 3 nitrogen and oxygen atoms in total. The molecule has 82 valence electrons. The van der Waals surface area contributed by atoms with Gasteiger partial charge >= 0.3 is 0 Å². The van der Waals surface area contributed by atoms with Gasteiger partial charge in [0, 0.05) is 24.0 Å². The van der Waals surface area contributed by atoms with Crippen LogP contribution < -0.4 is 10.6 Å². The fraction of sp³-hybridized carbons (Fsp3) is 0.727. The van der Waals surface area contributed by atoms with Gasteiger partial charge in [0.25, 0.3) is 0 Å². The van der Waals surface area contributed by atoms with Crippen LogP contribution in [0.1, 0.15) is 27.7 Å². The van der Waals surface area contributed by atoms with E-state index < -0.39 is 0 Å². The Balaban J connectivity index is 3.99. The van der Waals surface area contributed by atoms with E-state index >= 15 is 0 Å². The van der Waals surface area contributed by atoms with E-state index in [1.54, 1.807) is 0 Å². The Bertz CT molecular complexity index is 205. The van der Waals surface area contributed by atoms with Gasteiger partial charge in [-0.1, -0.05) is 0 Å². The first-order chi connectivity index (χ1) is 6.56. The van der Waals surface area contributed by atoms with Crippen LogP contribution in [0.25, 0.3) is 0 Å². The van der Waals surface area contributed by atoms with Crippen LogP contribution in [-0.2, 0) is 0 Å². The van der Waals surface area contributed by atoms with E-state index in [9.17, 15) is 0 Å². The molecule has 0 aromatic rings. The van der Waals surface area contributed by atoms with Crippen molar-refractivity contribution in [3.63, 3.8) is 0 Å². The van der Waals surface area contributed by atoms with E-state index in [4.69, 9.17) is 0 Å². The second-order valence-electron chi connectivity index (χ2n) is 3.75. The largest absolute Gasteiger partial charge is 0.386 e. The fourth-order valence-electron chi connectivity index (χ4n) is 1.20. The Morgan fingerprint density at radius 2 is 2.00 bits per heavy atom. The number of hydrogen-bond acceptors (Lipinski definition) is 3. The van der Waals surface area contributed by atoms with Crippen LogP contribution in [-0.4, -0.2) is 31.9 Å². The van der Waals surface area contributed by atoms with Crippen molar-refractivity contribution in [3.05, 3.63) is 11.8 Å². The van der Waals surface area contributed by atoms with E-state index in [-0.39, 0.29) is 0 Å². The lowest BCUT2D eigenvalue weighted by Crippen LogP contribution is -2.20. The summed E-state index contributed by atoms with van der Waals surface area (Å²) in [6.07, 6.45) is 2.08. The molecule has 0 amide bonds. The van der Waals surface area contributed by atoms with Crippen molar-refractivity contribution in [2.75, 3.05) is 20.1 Å². The number of likely N-dealkylation sites (N-methyl/N-ethyl adjacent to an activating group) is 1. The van der Waals surface area contributed by atoms with Crippen molar-refractivity contribution in [2.45, 2.75) is 33.7 Å². The zero-order valence-electron chi connectivity index (χ0n) is 10.0. The average molecular weight is 197 g/mol. The van der Waals surface area contributed by atoms with Crippen LogP contribution in [0.5, 0.6) is 0 Å². The van der Waals surface area contributed by atoms with E-state index in [1.807, 2.05) is 14.0 Å². The predicted molar refractivity (Wildman–Crippen MR) is 63.9 cm³/mol. The van der Waals surface area contributed by atoms with Gasteiger partial charge in [0.2, 0.25) is 0 Å². The lowest BCUT2D eigenvalue weighted by atomic mass is 10.3. The highest BCUT2D eigenvalue weighted by atomic mass is 14.9. The second kappa shape index (κ2) is 7.56. The molecule has 0 aliphatic carbocycles. The lowest BCUT2D eigenvalue weighted by molar-refractivity contribution is 0.670. The monoisotopic (exact) mass is 197 g/mol.